The highest BCUT2D eigenvalue weighted by atomic mass is 16.5. The van der Waals surface area contributed by atoms with Crippen molar-refractivity contribution in [1.82, 2.24) is 4.90 Å². The molecular formula is C15H17NO. The lowest BCUT2D eigenvalue weighted by Gasteiger charge is -2.32. The van der Waals surface area contributed by atoms with Gasteiger partial charge in [0, 0.05) is 18.2 Å². The third-order valence-electron chi connectivity index (χ3n) is 3.47. The molecule has 88 valence electrons. The zero-order chi connectivity index (χ0) is 11.8. The minimum Gasteiger partial charge on any atom is -0.478 e. The predicted molar refractivity (Wildman–Crippen MR) is 70.1 cm³/mol. The molecule has 17 heavy (non-hydrogen) atoms. The number of rotatable bonds is 1. The van der Waals surface area contributed by atoms with Crippen molar-refractivity contribution in [2.75, 3.05) is 6.73 Å². The largest absolute Gasteiger partial charge is 0.478 e. The summed E-state index contributed by atoms with van der Waals surface area (Å²) in [5.41, 5.74) is 1.32. The second-order valence-electron chi connectivity index (χ2n) is 4.88. The lowest BCUT2D eigenvalue weighted by atomic mass is 10.0. The van der Waals surface area contributed by atoms with E-state index in [0.29, 0.717) is 12.8 Å². The van der Waals surface area contributed by atoms with Crippen molar-refractivity contribution in [1.29, 1.82) is 0 Å². The van der Waals surface area contributed by atoms with E-state index < -0.39 is 0 Å². The average molecular weight is 227 g/mol. The minimum absolute atomic E-state index is 0.516. The summed E-state index contributed by atoms with van der Waals surface area (Å²) in [4.78, 5) is 2.34. The van der Waals surface area contributed by atoms with Crippen molar-refractivity contribution in [3.05, 3.63) is 42.0 Å². The van der Waals surface area contributed by atoms with Gasteiger partial charge in [-0.3, -0.25) is 4.90 Å². The average Bonchev–Trinajstić information content (AvgIpc) is 2.38. The van der Waals surface area contributed by atoms with Gasteiger partial charge in [-0.15, -0.1) is 0 Å². The second kappa shape index (κ2) is 4.04. The van der Waals surface area contributed by atoms with E-state index in [0.717, 1.165) is 12.3 Å². The molecule has 0 aliphatic carbocycles. The molecule has 0 aromatic heterocycles. The van der Waals surface area contributed by atoms with Crippen LogP contribution in [0.1, 0.15) is 19.4 Å². The van der Waals surface area contributed by atoms with Gasteiger partial charge in [0.05, 0.1) is 0 Å². The summed E-state index contributed by atoms with van der Waals surface area (Å²) in [6, 6.07) is 13.3. The first-order chi connectivity index (χ1) is 8.25. The van der Waals surface area contributed by atoms with Gasteiger partial charge in [-0.25, -0.2) is 0 Å². The molecule has 0 bridgehead atoms. The normalized spacial score (nSPS) is 15.9. The Balaban J connectivity index is 2.12. The number of fused-ring (bicyclic) bond motifs is 3. The van der Waals surface area contributed by atoms with Gasteiger partial charge in [0.2, 0.25) is 0 Å². The topological polar surface area (TPSA) is 12.5 Å². The summed E-state index contributed by atoms with van der Waals surface area (Å²) in [5.74, 6) is 1.04. The van der Waals surface area contributed by atoms with E-state index in [1.54, 1.807) is 0 Å². The van der Waals surface area contributed by atoms with Crippen LogP contribution in [0, 0.1) is 0 Å². The molecular weight excluding hydrogens is 210 g/mol. The van der Waals surface area contributed by atoms with Crippen LogP contribution in [0.25, 0.3) is 10.8 Å². The van der Waals surface area contributed by atoms with Crippen molar-refractivity contribution < 1.29 is 4.74 Å². The molecule has 2 aromatic carbocycles. The van der Waals surface area contributed by atoms with E-state index in [4.69, 9.17) is 4.74 Å². The number of hydrogen-bond donors (Lipinski definition) is 0. The Bertz CT molecular complexity index is 548. The first kappa shape index (κ1) is 10.6. The van der Waals surface area contributed by atoms with Crippen LogP contribution < -0.4 is 4.74 Å². The lowest BCUT2D eigenvalue weighted by Crippen LogP contribution is -2.37. The minimum atomic E-state index is 0.516. The van der Waals surface area contributed by atoms with Crippen LogP contribution >= 0.6 is 0 Å². The second-order valence-corrected chi connectivity index (χ2v) is 4.88. The van der Waals surface area contributed by atoms with Crippen LogP contribution in [0.5, 0.6) is 5.75 Å². The Hall–Kier alpha value is -1.54. The molecule has 0 radical (unpaired) electrons. The van der Waals surface area contributed by atoms with E-state index in [9.17, 15) is 0 Å². The third kappa shape index (κ3) is 1.79. The van der Waals surface area contributed by atoms with Gasteiger partial charge in [-0.2, -0.15) is 0 Å². The highest BCUT2D eigenvalue weighted by molar-refractivity contribution is 5.87. The zero-order valence-corrected chi connectivity index (χ0v) is 10.3. The lowest BCUT2D eigenvalue weighted by molar-refractivity contribution is 0.0695. The first-order valence-electron chi connectivity index (χ1n) is 6.13. The standard InChI is InChI=1S/C15H17NO/c1-11(2)16-9-14-13-6-4-3-5-12(13)7-8-15(14)17-10-16/h3-8,11H,9-10H2,1-2H3. The molecule has 2 heteroatoms. The van der Waals surface area contributed by atoms with E-state index >= 15 is 0 Å². The van der Waals surface area contributed by atoms with Crippen LogP contribution in [0.2, 0.25) is 0 Å². The molecule has 0 spiro atoms. The molecule has 0 fully saturated rings. The molecule has 1 heterocycles. The smallest absolute Gasteiger partial charge is 0.142 e. The molecule has 2 aromatic rings. The molecule has 0 N–H and O–H groups in total. The molecule has 3 rings (SSSR count). The summed E-state index contributed by atoms with van der Waals surface area (Å²) in [5, 5.41) is 2.61. The maximum Gasteiger partial charge on any atom is 0.142 e. The number of ether oxygens (including phenoxy) is 1. The summed E-state index contributed by atoms with van der Waals surface area (Å²) >= 11 is 0. The highest BCUT2D eigenvalue weighted by Gasteiger charge is 2.20. The number of nitrogens with zero attached hydrogens (tertiary/aromatic N) is 1. The zero-order valence-electron chi connectivity index (χ0n) is 10.3. The Morgan fingerprint density at radius 3 is 2.76 bits per heavy atom. The predicted octanol–water partition coefficient (Wildman–Crippen LogP) is 3.40. The molecule has 0 unspecified atom stereocenters. The third-order valence-corrected chi connectivity index (χ3v) is 3.47. The van der Waals surface area contributed by atoms with Gasteiger partial charge in [0.25, 0.3) is 0 Å². The SMILES string of the molecule is CC(C)N1COc2ccc3ccccc3c2C1. The summed E-state index contributed by atoms with van der Waals surface area (Å²) in [6.45, 7) is 6.09. The van der Waals surface area contributed by atoms with Crippen LogP contribution in [0.15, 0.2) is 36.4 Å². The molecule has 1 aliphatic heterocycles. The van der Waals surface area contributed by atoms with Crippen molar-refractivity contribution in [2.45, 2.75) is 26.4 Å². The Kier molecular flexibility index (Phi) is 2.52. The van der Waals surface area contributed by atoms with Crippen molar-refractivity contribution in [3.8, 4) is 5.75 Å². The van der Waals surface area contributed by atoms with Crippen LogP contribution in [0.4, 0.5) is 0 Å². The fourth-order valence-electron chi connectivity index (χ4n) is 2.35. The molecule has 0 amide bonds. The molecule has 2 nitrogen and oxygen atoms in total. The fourth-order valence-corrected chi connectivity index (χ4v) is 2.35. The highest BCUT2D eigenvalue weighted by Crippen LogP contribution is 2.32. The number of hydrogen-bond acceptors (Lipinski definition) is 2. The summed E-state index contributed by atoms with van der Waals surface area (Å²) in [6.07, 6.45) is 0. The molecule has 0 saturated carbocycles. The van der Waals surface area contributed by atoms with Crippen molar-refractivity contribution >= 4 is 10.8 Å². The van der Waals surface area contributed by atoms with Gasteiger partial charge in [-0.05, 0) is 30.7 Å². The monoisotopic (exact) mass is 227 g/mol. The van der Waals surface area contributed by atoms with Gasteiger partial charge in [-0.1, -0.05) is 30.3 Å². The molecule has 0 atom stereocenters. The first-order valence-corrected chi connectivity index (χ1v) is 6.13. The van der Waals surface area contributed by atoms with Gasteiger partial charge in [0.15, 0.2) is 0 Å². The summed E-state index contributed by atoms with van der Waals surface area (Å²) < 4.78 is 5.83. The van der Waals surface area contributed by atoms with Crippen LogP contribution in [-0.4, -0.2) is 17.7 Å². The Labute approximate surface area is 102 Å². The fraction of sp³-hybridized carbons (Fsp3) is 0.333. The Morgan fingerprint density at radius 1 is 1.12 bits per heavy atom. The van der Waals surface area contributed by atoms with Crippen molar-refractivity contribution in [2.24, 2.45) is 0 Å². The van der Waals surface area contributed by atoms with E-state index in [2.05, 4.69) is 55.1 Å². The Morgan fingerprint density at radius 2 is 1.94 bits per heavy atom. The van der Waals surface area contributed by atoms with Gasteiger partial charge in [0.1, 0.15) is 12.5 Å². The molecule has 0 saturated heterocycles. The number of benzene rings is 2. The van der Waals surface area contributed by atoms with E-state index in [-0.39, 0.29) is 0 Å². The van der Waals surface area contributed by atoms with Crippen molar-refractivity contribution in [3.63, 3.8) is 0 Å². The molecule has 1 aliphatic rings. The maximum atomic E-state index is 5.83. The van der Waals surface area contributed by atoms with E-state index in [1.807, 2.05) is 0 Å². The van der Waals surface area contributed by atoms with Crippen LogP contribution in [0.3, 0.4) is 0 Å². The van der Waals surface area contributed by atoms with Gasteiger partial charge < -0.3 is 4.74 Å². The summed E-state index contributed by atoms with van der Waals surface area (Å²) in [7, 11) is 0. The quantitative estimate of drug-likeness (QED) is 0.740. The van der Waals surface area contributed by atoms with E-state index in [1.165, 1.54) is 16.3 Å². The van der Waals surface area contributed by atoms with Crippen LogP contribution in [-0.2, 0) is 6.54 Å². The van der Waals surface area contributed by atoms with Gasteiger partial charge >= 0.3 is 0 Å². The maximum absolute atomic E-state index is 5.83.